The molecule has 0 radical (unpaired) electrons. The lowest BCUT2D eigenvalue weighted by molar-refractivity contribution is -0.116. The predicted octanol–water partition coefficient (Wildman–Crippen LogP) is 2.82. The van der Waals surface area contributed by atoms with Crippen LogP contribution >= 0.6 is 23.2 Å². The molecule has 0 saturated carbocycles. The Morgan fingerprint density at radius 1 is 1.53 bits per heavy atom. The zero-order valence-electron chi connectivity index (χ0n) is 10.2. The lowest BCUT2D eigenvalue weighted by Crippen LogP contribution is -2.28. The number of halogens is 4. The summed E-state index contributed by atoms with van der Waals surface area (Å²) >= 11 is 10.7. The minimum atomic E-state index is -2.95. The smallest absolute Gasteiger partial charge is 0.241 e. The fourth-order valence-electron chi connectivity index (χ4n) is 0.878. The van der Waals surface area contributed by atoms with Crippen molar-refractivity contribution in [3.8, 4) is 0 Å². The molecule has 1 aromatic carbocycles. The van der Waals surface area contributed by atoms with Gasteiger partial charge in [0.15, 0.2) is 0 Å². The summed E-state index contributed by atoms with van der Waals surface area (Å²) in [5, 5.41) is -0.497. The monoisotopic (exact) mass is 256 g/mol. The highest BCUT2D eigenvalue weighted by Gasteiger charge is 2.16. The van der Waals surface area contributed by atoms with Gasteiger partial charge in [0.1, 0.15) is 17.5 Å². The van der Waals surface area contributed by atoms with E-state index in [0.29, 0.717) is 6.07 Å². The first-order chi connectivity index (χ1) is 8.18. The Morgan fingerprint density at radius 2 is 2.20 bits per heavy atom. The molecule has 0 spiro atoms. The number of hydrogen-bond donors (Lipinski definition) is 0. The van der Waals surface area contributed by atoms with E-state index in [4.69, 9.17) is 27.3 Å². The van der Waals surface area contributed by atoms with E-state index < -0.39 is 41.1 Å². The molecular formula is C9H7Cl2F2NO. The molecule has 82 valence electrons. The Labute approximate surface area is 99.6 Å². The number of benzene rings is 1. The largest absolute Gasteiger partial charge is 0.312 e. The molecule has 0 aromatic heterocycles. The van der Waals surface area contributed by atoms with Crippen molar-refractivity contribution in [2.24, 2.45) is 0 Å². The third kappa shape index (κ3) is 2.58. The lowest BCUT2D eigenvalue weighted by atomic mass is 10.2. The van der Waals surface area contributed by atoms with Crippen molar-refractivity contribution in [3.63, 3.8) is 0 Å². The number of amides is 1. The molecule has 1 aromatic rings. The third-order valence-corrected chi connectivity index (χ3v) is 2.11. The summed E-state index contributed by atoms with van der Waals surface area (Å²) < 4.78 is 48.0. The van der Waals surface area contributed by atoms with E-state index >= 15 is 0 Å². The standard InChI is InChI=1S/C9H7Cl2F2NO/c1-14(9(15)4-10)8-2-5(11)6(12)3-7(8)13/h2-3H,4H2,1H3/i1D3. The van der Waals surface area contributed by atoms with Crippen molar-refractivity contribution >= 4 is 34.8 Å². The molecule has 2 nitrogen and oxygen atoms in total. The molecule has 0 saturated heterocycles. The van der Waals surface area contributed by atoms with Gasteiger partial charge in [-0.3, -0.25) is 4.79 Å². The maximum absolute atomic E-state index is 13.5. The van der Waals surface area contributed by atoms with Crippen LogP contribution in [-0.4, -0.2) is 18.8 Å². The van der Waals surface area contributed by atoms with Crippen LogP contribution in [0.2, 0.25) is 5.02 Å². The molecule has 0 aliphatic carbocycles. The molecule has 1 amide bonds. The maximum Gasteiger partial charge on any atom is 0.241 e. The van der Waals surface area contributed by atoms with E-state index in [2.05, 4.69) is 0 Å². The number of carbonyl (C=O) groups excluding carboxylic acids is 1. The van der Waals surface area contributed by atoms with Gasteiger partial charge in [-0.15, -0.1) is 11.6 Å². The quantitative estimate of drug-likeness (QED) is 0.589. The molecule has 6 heteroatoms. The minimum Gasteiger partial charge on any atom is -0.312 e. The van der Waals surface area contributed by atoms with Gasteiger partial charge in [-0.25, -0.2) is 8.78 Å². The fraction of sp³-hybridized carbons (Fsp3) is 0.222. The van der Waals surface area contributed by atoms with Crippen LogP contribution < -0.4 is 4.90 Å². The Balaban J connectivity index is 3.39. The van der Waals surface area contributed by atoms with Crippen molar-refractivity contribution < 1.29 is 17.7 Å². The molecule has 0 aliphatic heterocycles. The van der Waals surface area contributed by atoms with Gasteiger partial charge in [-0.05, 0) is 6.07 Å². The average molecular weight is 257 g/mol. The van der Waals surface area contributed by atoms with E-state index in [-0.39, 0.29) is 4.90 Å². The summed E-state index contributed by atoms with van der Waals surface area (Å²) in [7, 11) is 0. The molecule has 1 rings (SSSR count). The first-order valence-electron chi connectivity index (χ1n) is 5.22. The molecule has 0 bridgehead atoms. The van der Waals surface area contributed by atoms with E-state index in [0.717, 1.165) is 6.07 Å². The highest BCUT2D eigenvalue weighted by atomic mass is 35.5. The summed E-state index contributed by atoms with van der Waals surface area (Å²) in [6, 6.07) is 1.13. The second kappa shape index (κ2) is 4.77. The second-order valence-electron chi connectivity index (χ2n) is 2.58. The van der Waals surface area contributed by atoms with Crippen molar-refractivity contribution in [1.29, 1.82) is 0 Å². The first-order valence-corrected chi connectivity index (χ1v) is 4.63. The Hall–Kier alpha value is -0.870. The number of alkyl halides is 1. The van der Waals surface area contributed by atoms with Gasteiger partial charge in [0.2, 0.25) is 5.91 Å². The molecular weight excluding hydrogens is 247 g/mol. The van der Waals surface area contributed by atoms with Crippen LogP contribution in [0.15, 0.2) is 12.1 Å². The minimum absolute atomic E-state index is 0.167. The van der Waals surface area contributed by atoms with Crippen LogP contribution in [-0.2, 0) is 4.79 Å². The zero-order chi connectivity index (χ0) is 14.1. The van der Waals surface area contributed by atoms with Gasteiger partial charge in [-0.1, -0.05) is 11.6 Å². The molecule has 0 aliphatic rings. The van der Waals surface area contributed by atoms with Crippen LogP contribution in [0.5, 0.6) is 0 Å². The molecule has 0 heterocycles. The second-order valence-corrected chi connectivity index (χ2v) is 3.25. The summed E-state index contributed by atoms with van der Waals surface area (Å²) in [6.07, 6.45) is 0. The van der Waals surface area contributed by atoms with Gasteiger partial charge >= 0.3 is 0 Å². The summed E-state index contributed by atoms with van der Waals surface area (Å²) in [5.74, 6) is -3.97. The van der Waals surface area contributed by atoms with E-state index in [1.807, 2.05) is 0 Å². The van der Waals surface area contributed by atoms with Crippen molar-refractivity contribution in [2.45, 2.75) is 0 Å². The van der Waals surface area contributed by atoms with E-state index in [1.165, 1.54) is 0 Å². The number of nitrogens with zero attached hydrogens (tertiary/aromatic N) is 1. The molecule has 0 N–H and O–H groups in total. The number of rotatable bonds is 2. The highest BCUT2D eigenvalue weighted by Crippen LogP contribution is 2.25. The van der Waals surface area contributed by atoms with E-state index in [9.17, 15) is 13.6 Å². The fourth-order valence-corrected chi connectivity index (χ4v) is 1.15. The van der Waals surface area contributed by atoms with Crippen molar-refractivity contribution in [3.05, 3.63) is 28.8 Å². The Bertz CT molecular complexity index is 482. The SMILES string of the molecule is [2H]C([2H])([2H])N(C(=O)CCl)c1cc(Cl)c(F)cc1F. The van der Waals surface area contributed by atoms with Gasteiger partial charge in [0, 0.05) is 17.2 Å². The Morgan fingerprint density at radius 3 is 2.73 bits per heavy atom. The van der Waals surface area contributed by atoms with Gasteiger partial charge in [-0.2, -0.15) is 0 Å². The average Bonchev–Trinajstić information content (AvgIpc) is 2.23. The van der Waals surface area contributed by atoms with Gasteiger partial charge in [0.25, 0.3) is 0 Å². The molecule has 0 fully saturated rings. The number of hydrogen-bond acceptors (Lipinski definition) is 1. The van der Waals surface area contributed by atoms with Crippen LogP contribution in [0.1, 0.15) is 4.11 Å². The number of carbonyl (C=O) groups is 1. The predicted molar refractivity (Wildman–Crippen MR) is 55.5 cm³/mol. The highest BCUT2D eigenvalue weighted by molar-refractivity contribution is 6.31. The summed E-state index contributed by atoms with van der Waals surface area (Å²) in [5.41, 5.74) is -0.646. The first kappa shape index (κ1) is 8.30. The van der Waals surface area contributed by atoms with Crippen LogP contribution in [0, 0.1) is 11.6 Å². The van der Waals surface area contributed by atoms with Gasteiger partial charge < -0.3 is 4.90 Å². The summed E-state index contributed by atoms with van der Waals surface area (Å²) in [6.45, 7) is -2.95. The maximum atomic E-state index is 13.5. The normalized spacial score (nSPS) is 14.0. The summed E-state index contributed by atoms with van der Waals surface area (Å²) in [4.78, 5) is 11.6. The zero-order valence-corrected chi connectivity index (χ0v) is 8.74. The third-order valence-electron chi connectivity index (χ3n) is 1.59. The Kier molecular flexibility index (Phi) is 2.64. The van der Waals surface area contributed by atoms with Crippen molar-refractivity contribution in [2.75, 3.05) is 17.8 Å². The van der Waals surface area contributed by atoms with Crippen LogP contribution in [0.25, 0.3) is 0 Å². The molecule has 15 heavy (non-hydrogen) atoms. The van der Waals surface area contributed by atoms with E-state index in [1.54, 1.807) is 0 Å². The molecule has 0 unspecified atom stereocenters. The van der Waals surface area contributed by atoms with Crippen molar-refractivity contribution in [1.82, 2.24) is 0 Å². The topological polar surface area (TPSA) is 20.3 Å². The number of anilines is 1. The van der Waals surface area contributed by atoms with Crippen LogP contribution in [0.3, 0.4) is 0 Å². The lowest BCUT2D eigenvalue weighted by Gasteiger charge is -2.17. The van der Waals surface area contributed by atoms with Crippen LogP contribution in [0.4, 0.5) is 14.5 Å². The molecule has 0 atom stereocenters. The van der Waals surface area contributed by atoms with Gasteiger partial charge in [0.05, 0.1) is 10.7 Å².